The normalized spacial score (nSPS) is 22.3. The quantitative estimate of drug-likeness (QED) is 0.776. The van der Waals surface area contributed by atoms with Gasteiger partial charge in [0.05, 0.1) is 5.54 Å². The Hall–Kier alpha value is -1.88. The monoisotopic (exact) mass is 315 g/mol. The maximum absolute atomic E-state index is 12.3. The molecule has 23 heavy (non-hydrogen) atoms. The zero-order chi connectivity index (χ0) is 16.3. The minimum absolute atomic E-state index is 0.0176. The standard InChI is InChI=1S/C18H25N3O2/c19-12-18(9-3-4-10-18)21-16(22)8-7-14-11-13-5-1-2-6-15(13)20-17(14)23/h1-2,5-6,14H,3-4,7-12,19H2,(H,20,23)(H,21,22). The minimum Gasteiger partial charge on any atom is -0.349 e. The van der Waals surface area contributed by atoms with E-state index in [1.807, 2.05) is 24.3 Å². The molecule has 1 heterocycles. The molecule has 0 bridgehead atoms. The first-order valence-electron chi connectivity index (χ1n) is 8.52. The Morgan fingerprint density at radius 3 is 2.78 bits per heavy atom. The van der Waals surface area contributed by atoms with Crippen LogP contribution in [0.2, 0.25) is 0 Å². The van der Waals surface area contributed by atoms with Crippen molar-refractivity contribution in [2.45, 2.75) is 50.5 Å². The average Bonchev–Trinajstić information content (AvgIpc) is 3.02. The number of nitrogens with two attached hydrogens (primary N) is 1. The Morgan fingerprint density at radius 1 is 1.30 bits per heavy atom. The number of fused-ring (bicyclic) bond motifs is 1. The molecule has 1 aliphatic carbocycles. The summed E-state index contributed by atoms with van der Waals surface area (Å²) in [4.78, 5) is 24.4. The minimum atomic E-state index is -0.210. The number of hydrogen-bond donors (Lipinski definition) is 3. The highest BCUT2D eigenvalue weighted by molar-refractivity contribution is 5.96. The van der Waals surface area contributed by atoms with Crippen LogP contribution in [-0.4, -0.2) is 23.9 Å². The Balaban J connectivity index is 1.54. The summed E-state index contributed by atoms with van der Waals surface area (Å²) in [5.74, 6) is -0.0945. The van der Waals surface area contributed by atoms with Crippen LogP contribution in [-0.2, 0) is 16.0 Å². The van der Waals surface area contributed by atoms with E-state index in [-0.39, 0.29) is 23.3 Å². The largest absolute Gasteiger partial charge is 0.349 e. The lowest BCUT2D eigenvalue weighted by Crippen LogP contribution is -2.51. The van der Waals surface area contributed by atoms with E-state index in [9.17, 15) is 9.59 Å². The summed E-state index contributed by atoms with van der Waals surface area (Å²) in [5, 5.41) is 6.05. The number of nitrogens with one attached hydrogen (secondary N) is 2. The van der Waals surface area contributed by atoms with Gasteiger partial charge in [0.25, 0.3) is 0 Å². The maximum Gasteiger partial charge on any atom is 0.227 e. The molecule has 5 heteroatoms. The molecular formula is C18H25N3O2. The van der Waals surface area contributed by atoms with Crippen molar-refractivity contribution in [3.05, 3.63) is 29.8 Å². The number of amides is 2. The Kier molecular flexibility index (Phi) is 4.66. The lowest BCUT2D eigenvalue weighted by Gasteiger charge is -2.29. The molecule has 1 saturated carbocycles. The van der Waals surface area contributed by atoms with Crippen LogP contribution in [0.15, 0.2) is 24.3 Å². The number of benzene rings is 1. The van der Waals surface area contributed by atoms with Gasteiger partial charge in [-0.1, -0.05) is 31.0 Å². The van der Waals surface area contributed by atoms with Crippen LogP contribution >= 0.6 is 0 Å². The molecule has 5 nitrogen and oxygen atoms in total. The van der Waals surface area contributed by atoms with Gasteiger partial charge in [0.15, 0.2) is 0 Å². The molecule has 124 valence electrons. The summed E-state index contributed by atoms with van der Waals surface area (Å²) in [6.07, 6.45) is 5.84. The fourth-order valence-electron chi connectivity index (χ4n) is 3.74. The first-order chi connectivity index (χ1) is 11.1. The summed E-state index contributed by atoms with van der Waals surface area (Å²) in [6, 6.07) is 7.84. The smallest absolute Gasteiger partial charge is 0.227 e. The maximum atomic E-state index is 12.3. The Morgan fingerprint density at radius 2 is 2.04 bits per heavy atom. The van der Waals surface area contributed by atoms with Crippen molar-refractivity contribution in [3.63, 3.8) is 0 Å². The molecule has 0 aromatic heterocycles. The summed E-state index contributed by atoms with van der Waals surface area (Å²) in [7, 11) is 0. The molecule has 1 unspecified atom stereocenters. The predicted molar refractivity (Wildman–Crippen MR) is 89.9 cm³/mol. The highest BCUT2D eigenvalue weighted by atomic mass is 16.2. The molecule has 1 aromatic carbocycles. The fraction of sp³-hybridized carbons (Fsp3) is 0.556. The highest BCUT2D eigenvalue weighted by Crippen LogP contribution is 2.30. The van der Waals surface area contributed by atoms with Crippen molar-refractivity contribution in [1.29, 1.82) is 0 Å². The van der Waals surface area contributed by atoms with Gasteiger partial charge in [-0.05, 0) is 37.3 Å². The van der Waals surface area contributed by atoms with Gasteiger partial charge in [-0.2, -0.15) is 0 Å². The van der Waals surface area contributed by atoms with E-state index < -0.39 is 0 Å². The van der Waals surface area contributed by atoms with Crippen LogP contribution in [0.3, 0.4) is 0 Å². The molecule has 0 radical (unpaired) electrons. The van der Waals surface area contributed by atoms with Crippen molar-refractivity contribution >= 4 is 17.5 Å². The third-order valence-corrected chi connectivity index (χ3v) is 5.19. The number of carbonyl (C=O) groups excluding carboxylic acids is 2. The van der Waals surface area contributed by atoms with Crippen LogP contribution < -0.4 is 16.4 Å². The number of rotatable bonds is 5. The summed E-state index contributed by atoms with van der Waals surface area (Å²) in [5.41, 5.74) is 7.68. The van der Waals surface area contributed by atoms with E-state index in [1.165, 1.54) is 0 Å². The first kappa shape index (κ1) is 16.0. The molecule has 0 saturated heterocycles. The van der Waals surface area contributed by atoms with Crippen LogP contribution in [0.5, 0.6) is 0 Å². The lowest BCUT2D eigenvalue weighted by molar-refractivity contribution is -0.124. The molecule has 0 spiro atoms. The molecule has 1 atom stereocenters. The van der Waals surface area contributed by atoms with Crippen molar-refractivity contribution < 1.29 is 9.59 Å². The molecule has 2 amide bonds. The Labute approximate surface area is 137 Å². The zero-order valence-corrected chi connectivity index (χ0v) is 13.4. The van der Waals surface area contributed by atoms with Crippen LogP contribution in [0, 0.1) is 5.92 Å². The second-order valence-electron chi connectivity index (χ2n) is 6.83. The number of anilines is 1. The number of hydrogen-bond acceptors (Lipinski definition) is 3. The van der Waals surface area contributed by atoms with Gasteiger partial charge in [0, 0.05) is 24.6 Å². The predicted octanol–water partition coefficient (Wildman–Crippen LogP) is 1.97. The highest BCUT2D eigenvalue weighted by Gasteiger charge is 2.34. The van der Waals surface area contributed by atoms with Crippen LogP contribution in [0.4, 0.5) is 5.69 Å². The van der Waals surface area contributed by atoms with Gasteiger partial charge in [0.1, 0.15) is 0 Å². The van der Waals surface area contributed by atoms with Crippen molar-refractivity contribution in [3.8, 4) is 0 Å². The van der Waals surface area contributed by atoms with Gasteiger partial charge in [0.2, 0.25) is 11.8 Å². The molecule has 1 fully saturated rings. The van der Waals surface area contributed by atoms with Gasteiger partial charge in [-0.25, -0.2) is 0 Å². The summed E-state index contributed by atoms with van der Waals surface area (Å²) in [6.45, 7) is 0.496. The topological polar surface area (TPSA) is 84.2 Å². The second kappa shape index (κ2) is 6.71. The zero-order valence-electron chi connectivity index (χ0n) is 13.4. The molecular weight excluding hydrogens is 290 g/mol. The van der Waals surface area contributed by atoms with Crippen LogP contribution in [0.1, 0.15) is 44.1 Å². The van der Waals surface area contributed by atoms with E-state index >= 15 is 0 Å². The fourth-order valence-corrected chi connectivity index (χ4v) is 3.74. The molecule has 1 aliphatic heterocycles. The van der Waals surface area contributed by atoms with Crippen molar-refractivity contribution in [2.24, 2.45) is 11.7 Å². The molecule has 4 N–H and O–H groups in total. The van der Waals surface area contributed by atoms with Gasteiger partial charge in [-0.3, -0.25) is 9.59 Å². The third-order valence-electron chi connectivity index (χ3n) is 5.19. The van der Waals surface area contributed by atoms with Crippen molar-refractivity contribution in [1.82, 2.24) is 5.32 Å². The van der Waals surface area contributed by atoms with E-state index in [1.54, 1.807) is 0 Å². The van der Waals surface area contributed by atoms with Crippen LogP contribution in [0.25, 0.3) is 0 Å². The lowest BCUT2D eigenvalue weighted by atomic mass is 9.89. The third kappa shape index (κ3) is 3.55. The van der Waals surface area contributed by atoms with E-state index in [4.69, 9.17) is 5.73 Å². The summed E-state index contributed by atoms with van der Waals surface area (Å²) >= 11 is 0. The van der Waals surface area contributed by atoms with E-state index in [0.29, 0.717) is 25.8 Å². The number of para-hydroxylation sites is 1. The van der Waals surface area contributed by atoms with Gasteiger partial charge in [-0.15, -0.1) is 0 Å². The molecule has 2 aliphatic rings. The molecule has 1 aromatic rings. The summed E-state index contributed by atoms with van der Waals surface area (Å²) < 4.78 is 0. The van der Waals surface area contributed by atoms with E-state index in [2.05, 4.69) is 10.6 Å². The SMILES string of the molecule is NCC1(NC(=O)CCC2Cc3ccccc3NC2=O)CCCC1. The van der Waals surface area contributed by atoms with E-state index in [0.717, 1.165) is 36.9 Å². The number of carbonyl (C=O) groups is 2. The van der Waals surface area contributed by atoms with Gasteiger partial charge < -0.3 is 16.4 Å². The second-order valence-corrected chi connectivity index (χ2v) is 6.83. The molecule has 3 rings (SSSR count). The van der Waals surface area contributed by atoms with Gasteiger partial charge >= 0.3 is 0 Å². The average molecular weight is 315 g/mol. The van der Waals surface area contributed by atoms with Crippen molar-refractivity contribution in [2.75, 3.05) is 11.9 Å². The first-order valence-corrected chi connectivity index (χ1v) is 8.52. The Bertz CT molecular complexity index is 594.